The zero-order valence-electron chi connectivity index (χ0n) is 14.6. The SMILES string of the molecule is CS(=O)(=O)N1CCC(C(=O)NCCn2ccnc2-c2ncccn2)CC1. The van der Waals surface area contributed by atoms with Crippen molar-refractivity contribution in [3.05, 3.63) is 30.9 Å². The first-order chi connectivity index (χ1) is 12.4. The molecule has 0 aromatic carbocycles. The summed E-state index contributed by atoms with van der Waals surface area (Å²) in [4.78, 5) is 25.0. The fourth-order valence-electron chi connectivity index (χ4n) is 3.00. The van der Waals surface area contributed by atoms with E-state index in [4.69, 9.17) is 0 Å². The topological polar surface area (TPSA) is 110 Å². The monoisotopic (exact) mass is 378 g/mol. The van der Waals surface area contributed by atoms with Gasteiger partial charge in [0.25, 0.3) is 0 Å². The lowest BCUT2D eigenvalue weighted by atomic mass is 9.97. The second-order valence-corrected chi connectivity index (χ2v) is 8.23. The fraction of sp³-hybridized carbons (Fsp3) is 0.500. The van der Waals surface area contributed by atoms with E-state index >= 15 is 0 Å². The molecule has 1 saturated heterocycles. The highest BCUT2D eigenvalue weighted by atomic mass is 32.2. The summed E-state index contributed by atoms with van der Waals surface area (Å²) in [5.41, 5.74) is 0. The van der Waals surface area contributed by atoms with Gasteiger partial charge in [-0.3, -0.25) is 4.79 Å². The summed E-state index contributed by atoms with van der Waals surface area (Å²) in [6, 6.07) is 1.74. The molecular weight excluding hydrogens is 356 g/mol. The van der Waals surface area contributed by atoms with E-state index in [1.54, 1.807) is 24.7 Å². The Morgan fingerprint density at radius 3 is 2.54 bits per heavy atom. The van der Waals surface area contributed by atoms with Crippen molar-refractivity contribution in [2.45, 2.75) is 19.4 Å². The molecule has 0 radical (unpaired) electrons. The molecule has 3 heterocycles. The molecule has 1 aliphatic rings. The third kappa shape index (κ3) is 4.44. The number of piperidine rings is 1. The molecule has 0 unspecified atom stereocenters. The molecule has 1 amide bonds. The third-order valence-corrected chi connectivity index (χ3v) is 5.73. The predicted octanol–water partition coefficient (Wildman–Crippen LogP) is 0.128. The lowest BCUT2D eigenvalue weighted by Crippen LogP contribution is -2.43. The first-order valence-electron chi connectivity index (χ1n) is 8.46. The van der Waals surface area contributed by atoms with Crippen LogP contribution in [0.1, 0.15) is 12.8 Å². The number of hydrogen-bond acceptors (Lipinski definition) is 6. The van der Waals surface area contributed by atoms with Crippen molar-refractivity contribution in [3.63, 3.8) is 0 Å². The van der Waals surface area contributed by atoms with Gasteiger partial charge >= 0.3 is 0 Å². The Labute approximate surface area is 152 Å². The van der Waals surface area contributed by atoms with E-state index in [2.05, 4.69) is 20.3 Å². The number of rotatable bonds is 6. The quantitative estimate of drug-likeness (QED) is 0.765. The largest absolute Gasteiger partial charge is 0.354 e. The summed E-state index contributed by atoms with van der Waals surface area (Å²) in [6.45, 7) is 1.81. The molecule has 26 heavy (non-hydrogen) atoms. The van der Waals surface area contributed by atoms with Crippen molar-refractivity contribution in [3.8, 4) is 11.6 Å². The summed E-state index contributed by atoms with van der Waals surface area (Å²) in [7, 11) is -3.17. The maximum Gasteiger partial charge on any atom is 0.223 e. The molecule has 0 aliphatic carbocycles. The molecule has 9 nitrogen and oxygen atoms in total. The van der Waals surface area contributed by atoms with Gasteiger partial charge in [0.1, 0.15) is 0 Å². The number of carbonyl (C=O) groups excluding carboxylic acids is 1. The van der Waals surface area contributed by atoms with Crippen LogP contribution in [0.4, 0.5) is 0 Å². The van der Waals surface area contributed by atoms with Crippen molar-refractivity contribution >= 4 is 15.9 Å². The number of aromatic nitrogens is 4. The van der Waals surface area contributed by atoms with Crippen LogP contribution in [0.3, 0.4) is 0 Å². The van der Waals surface area contributed by atoms with Gasteiger partial charge in [0.05, 0.1) is 6.26 Å². The van der Waals surface area contributed by atoms with E-state index in [9.17, 15) is 13.2 Å². The first kappa shape index (κ1) is 18.5. The Hall–Kier alpha value is -2.33. The van der Waals surface area contributed by atoms with Crippen LogP contribution in [0.5, 0.6) is 0 Å². The Kier molecular flexibility index (Phi) is 5.62. The van der Waals surface area contributed by atoms with Crippen LogP contribution in [0, 0.1) is 5.92 Å². The van der Waals surface area contributed by atoms with E-state index in [1.165, 1.54) is 10.6 Å². The van der Waals surface area contributed by atoms with Gasteiger partial charge in [-0.25, -0.2) is 27.7 Å². The van der Waals surface area contributed by atoms with E-state index in [-0.39, 0.29) is 11.8 Å². The molecule has 1 fully saturated rings. The van der Waals surface area contributed by atoms with Crippen molar-refractivity contribution < 1.29 is 13.2 Å². The Balaban J connectivity index is 1.49. The number of hydrogen-bond donors (Lipinski definition) is 1. The predicted molar refractivity (Wildman–Crippen MR) is 95.4 cm³/mol. The molecular formula is C16H22N6O3S. The zero-order valence-corrected chi connectivity index (χ0v) is 15.4. The van der Waals surface area contributed by atoms with E-state index in [0.717, 1.165) is 0 Å². The molecule has 3 rings (SSSR count). The van der Waals surface area contributed by atoms with Gasteiger partial charge in [-0.2, -0.15) is 0 Å². The summed E-state index contributed by atoms with van der Waals surface area (Å²) in [5.74, 6) is 1.02. The van der Waals surface area contributed by atoms with Crippen LogP contribution in [-0.2, 0) is 21.4 Å². The van der Waals surface area contributed by atoms with Crippen molar-refractivity contribution in [2.24, 2.45) is 5.92 Å². The maximum atomic E-state index is 12.3. The first-order valence-corrected chi connectivity index (χ1v) is 10.3. The van der Waals surface area contributed by atoms with Gasteiger partial charge in [-0.1, -0.05) is 0 Å². The van der Waals surface area contributed by atoms with E-state index in [1.807, 2.05) is 10.8 Å². The van der Waals surface area contributed by atoms with Crippen LogP contribution in [0.2, 0.25) is 0 Å². The van der Waals surface area contributed by atoms with Crippen LogP contribution < -0.4 is 5.32 Å². The highest BCUT2D eigenvalue weighted by molar-refractivity contribution is 7.88. The van der Waals surface area contributed by atoms with Gasteiger partial charge in [0, 0.05) is 56.9 Å². The summed E-state index contributed by atoms with van der Waals surface area (Å²) < 4.78 is 26.4. The number of nitrogens with zero attached hydrogens (tertiary/aromatic N) is 5. The van der Waals surface area contributed by atoms with Crippen LogP contribution >= 0.6 is 0 Å². The van der Waals surface area contributed by atoms with Gasteiger partial charge in [0.2, 0.25) is 15.9 Å². The number of imidazole rings is 1. The van der Waals surface area contributed by atoms with E-state index < -0.39 is 10.0 Å². The fourth-order valence-corrected chi connectivity index (χ4v) is 3.88. The van der Waals surface area contributed by atoms with Gasteiger partial charge < -0.3 is 9.88 Å². The van der Waals surface area contributed by atoms with Crippen LogP contribution in [0.15, 0.2) is 30.9 Å². The zero-order chi connectivity index (χ0) is 18.6. The molecule has 1 N–H and O–H groups in total. The summed E-state index contributed by atoms with van der Waals surface area (Å²) in [6.07, 6.45) is 9.11. The second kappa shape index (κ2) is 7.92. The summed E-state index contributed by atoms with van der Waals surface area (Å²) in [5, 5.41) is 2.93. The van der Waals surface area contributed by atoms with Crippen LogP contribution in [0.25, 0.3) is 11.6 Å². The molecule has 10 heteroatoms. The Bertz CT molecular complexity index is 844. The Morgan fingerprint density at radius 1 is 1.19 bits per heavy atom. The molecule has 1 aliphatic heterocycles. The molecule has 2 aromatic heterocycles. The highest BCUT2D eigenvalue weighted by Gasteiger charge is 2.28. The number of nitrogens with one attached hydrogen (secondary N) is 1. The standard InChI is InChI=1S/C16H22N6O3S/c1-26(24,25)22-9-3-13(4-10-22)16(23)20-8-12-21-11-7-19-15(21)14-17-5-2-6-18-14/h2,5-7,11,13H,3-4,8-10,12H2,1H3,(H,20,23). The third-order valence-electron chi connectivity index (χ3n) is 4.43. The van der Waals surface area contributed by atoms with Crippen molar-refractivity contribution in [1.29, 1.82) is 0 Å². The molecule has 2 aromatic rings. The molecule has 0 atom stereocenters. The Morgan fingerprint density at radius 2 is 1.88 bits per heavy atom. The minimum absolute atomic E-state index is 0.0317. The molecule has 140 valence electrons. The second-order valence-electron chi connectivity index (χ2n) is 6.24. The minimum Gasteiger partial charge on any atom is -0.354 e. The van der Waals surface area contributed by atoms with E-state index in [0.29, 0.717) is 50.7 Å². The smallest absolute Gasteiger partial charge is 0.223 e. The molecule has 0 saturated carbocycles. The summed E-state index contributed by atoms with van der Waals surface area (Å²) >= 11 is 0. The van der Waals surface area contributed by atoms with Crippen molar-refractivity contribution in [2.75, 3.05) is 25.9 Å². The van der Waals surface area contributed by atoms with Crippen molar-refractivity contribution in [1.82, 2.24) is 29.1 Å². The van der Waals surface area contributed by atoms with Gasteiger partial charge in [-0.05, 0) is 18.9 Å². The lowest BCUT2D eigenvalue weighted by Gasteiger charge is -2.29. The molecule has 0 spiro atoms. The lowest BCUT2D eigenvalue weighted by molar-refractivity contribution is -0.126. The average Bonchev–Trinajstić information content (AvgIpc) is 3.10. The highest BCUT2D eigenvalue weighted by Crippen LogP contribution is 2.19. The van der Waals surface area contributed by atoms with Gasteiger partial charge in [0.15, 0.2) is 11.6 Å². The van der Waals surface area contributed by atoms with Crippen LogP contribution in [-0.4, -0.2) is 64.0 Å². The minimum atomic E-state index is -3.17. The molecule has 0 bridgehead atoms. The maximum absolute atomic E-state index is 12.3. The van der Waals surface area contributed by atoms with Gasteiger partial charge in [-0.15, -0.1) is 0 Å². The number of carbonyl (C=O) groups is 1. The average molecular weight is 378 g/mol. The number of amides is 1. The normalized spacial score (nSPS) is 16.5. The number of sulfonamides is 1.